The second-order valence-corrected chi connectivity index (χ2v) is 30.9. The first kappa shape index (κ1) is 90.0. The fourth-order valence-electron chi connectivity index (χ4n) is 14.7. The number of aliphatic hydroxyl groups excluding tert-OH is 3. The number of rotatable bonds is 27. The predicted octanol–water partition coefficient (Wildman–Crippen LogP) is 14.9. The Morgan fingerprint density at radius 3 is 2.01 bits per heavy atom. The standard InChI is InChI=1S/C29H27N5O.C27H30FN3O4.C23H22N4O3.C20H20FN3O3/c1-34-28(35)26(24-12-11-21-9-5-6-10-23(21)18-24)27(22-13-15-31-16-14-22)33-29(34)32-19-25(30)17-20-7-3-2-4-8-20;1-29(2)27(34)25(32)22-16-30(3)23-15-24(35-4)21(14-20(22)23)26(33)31-11-9-18(10-12-31)13-17-5-7-19(28)8-6-17;1-16-7-9-17(10-8-16)21-22(27(15-25-21)18(13-28)14-29)20-11-12-24-23(26-20)30-19-5-3-2-4-6-19;1-2-16(25)12-27-17-5-3-4-13(10-17)19(26)18-11-23-24(20(18)22)15-8-6-14(21)7-9-15/h2-16,18,25H,17,19,30H2,1H3,(H,32,33);5-8,14-16,18H,9-13H2,1-4H3;2-12,15,18,28-29H,13-14H2,1H3;3-11,16,25H,2,12,22H2,1H3/t25-;;;16-/m0..0/s1. The lowest BCUT2D eigenvalue weighted by Crippen LogP contribution is -2.39. The van der Waals surface area contributed by atoms with Gasteiger partial charge in [0.25, 0.3) is 23.2 Å². The van der Waals surface area contributed by atoms with Crippen LogP contribution in [0.2, 0.25) is 0 Å². The number of carbonyl (C=O) groups is 4. The molecule has 2 amide bonds. The quantitative estimate of drug-likeness (QED) is 0.0206. The number of piperidine rings is 1. The zero-order valence-electron chi connectivity index (χ0n) is 71.4. The molecule has 0 bridgehead atoms. The van der Waals surface area contributed by atoms with Crippen molar-refractivity contribution in [1.29, 1.82) is 0 Å². The van der Waals surface area contributed by atoms with E-state index in [1.54, 1.807) is 106 Å². The number of benzene rings is 9. The molecule has 9 aromatic carbocycles. The van der Waals surface area contributed by atoms with Gasteiger partial charge >= 0.3 is 6.01 Å². The van der Waals surface area contributed by atoms with Crippen LogP contribution in [0.5, 0.6) is 23.3 Å². The number of likely N-dealkylation sites (N-methyl/N-ethyl adjacent to an activating group) is 1. The van der Waals surface area contributed by atoms with E-state index in [4.69, 9.17) is 30.7 Å². The number of nitrogens with one attached hydrogen (secondary N) is 1. The summed E-state index contributed by atoms with van der Waals surface area (Å²) in [5, 5.41) is 39.3. The number of methoxy groups -OCH3 is 1. The summed E-state index contributed by atoms with van der Waals surface area (Å²) < 4.78 is 49.5. The highest BCUT2D eigenvalue weighted by Gasteiger charge is 2.31. The molecule has 16 rings (SSSR count). The number of hydrogen-bond acceptors (Lipinski definition) is 20. The number of nitrogen functional groups attached to an aromatic ring is 1. The number of likely N-dealkylation sites (tertiary alicyclic amines) is 1. The summed E-state index contributed by atoms with van der Waals surface area (Å²) in [5.41, 5.74) is 24.0. The van der Waals surface area contributed by atoms with Crippen LogP contribution in [-0.4, -0.2) is 170 Å². The molecule has 1 aliphatic rings. The minimum Gasteiger partial charge on any atom is -0.496 e. The fraction of sp³-hybridized carbons (Fsp3) is 0.222. The van der Waals surface area contributed by atoms with Crippen molar-refractivity contribution >= 4 is 56.8 Å². The Bertz CT molecular complexity index is 6360. The summed E-state index contributed by atoms with van der Waals surface area (Å²) in [5.74, 6) is 0.292. The van der Waals surface area contributed by atoms with Crippen LogP contribution >= 0.6 is 0 Å². The molecule has 0 saturated carbocycles. The highest BCUT2D eigenvalue weighted by molar-refractivity contribution is 6.45. The molecular weight excluding hydrogens is 1610 g/mol. The maximum atomic E-state index is 13.7. The zero-order chi connectivity index (χ0) is 89.8. The summed E-state index contributed by atoms with van der Waals surface area (Å²) in [6, 6.07) is 68.9. The topological polar surface area (TPSA) is 341 Å². The molecule has 7 heterocycles. The van der Waals surface area contributed by atoms with Crippen molar-refractivity contribution in [2.45, 2.75) is 64.1 Å². The maximum Gasteiger partial charge on any atom is 0.322 e. The van der Waals surface area contributed by atoms with E-state index in [0.29, 0.717) is 111 Å². The van der Waals surface area contributed by atoms with Crippen molar-refractivity contribution in [3.63, 3.8) is 0 Å². The van der Waals surface area contributed by atoms with Crippen molar-refractivity contribution in [3.8, 4) is 74.0 Å². The van der Waals surface area contributed by atoms with Crippen molar-refractivity contribution in [3.05, 3.63) is 329 Å². The third-order valence-corrected chi connectivity index (χ3v) is 21.8. The summed E-state index contributed by atoms with van der Waals surface area (Å²) in [6.45, 7) is 5.26. The van der Waals surface area contributed by atoms with Gasteiger partial charge in [0, 0.05) is 107 Å². The smallest absolute Gasteiger partial charge is 0.322 e. The van der Waals surface area contributed by atoms with Gasteiger partial charge < -0.3 is 65.2 Å². The van der Waals surface area contributed by atoms with Crippen LogP contribution in [0, 0.1) is 24.5 Å². The number of para-hydroxylation sites is 1. The molecule has 0 aliphatic carbocycles. The van der Waals surface area contributed by atoms with Gasteiger partial charge in [-0.05, 0) is 163 Å². The van der Waals surface area contributed by atoms with Gasteiger partial charge in [0.1, 0.15) is 41.3 Å². The van der Waals surface area contributed by atoms with E-state index in [9.17, 15) is 48.1 Å². The lowest BCUT2D eigenvalue weighted by molar-refractivity contribution is -0.124. The number of ether oxygens (including phenoxy) is 3. The number of nitrogens with two attached hydrogens (primary N) is 2. The van der Waals surface area contributed by atoms with E-state index in [2.05, 4.69) is 48.6 Å². The Kier molecular flexibility index (Phi) is 29.9. The second-order valence-electron chi connectivity index (χ2n) is 30.9. The first-order valence-electron chi connectivity index (χ1n) is 41.5. The molecule has 0 unspecified atom stereocenters. The number of nitrogens with zero attached hydrogens (tertiary/aromatic N) is 12. The Balaban J connectivity index is 0.000000146. The number of imidazole rings is 1. The van der Waals surface area contributed by atoms with E-state index in [1.165, 1.54) is 78.9 Å². The molecule has 6 aromatic heterocycles. The Labute approximate surface area is 733 Å². The number of halogens is 2. The summed E-state index contributed by atoms with van der Waals surface area (Å²) in [7, 11) is 8.09. The van der Waals surface area contributed by atoms with E-state index in [1.807, 2.05) is 147 Å². The summed E-state index contributed by atoms with van der Waals surface area (Å²) >= 11 is 0. The van der Waals surface area contributed by atoms with Gasteiger partial charge in [-0.2, -0.15) is 10.1 Å². The number of pyridine rings is 1. The molecule has 15 aromatic rings. The Morgan fingerprint density at radius 2 is 1.33 bits per heavy atom. The van der Waals surface area contributed by atoms with Gasteiger partial charge in [0.2, 0.25) is 5.95 Å². The number of aryl methyl sites for hydroxylation is 2. The van der Waals surface area contributed by atoms with Crippen molar-refractivity contribution in [2.24, 2.45) is 25.7 Å². The number of amides is 2. The van der Waals surface area contributed by atoms with Crippen molar-refractivity contribution in [1.82, 2.24) is 58.2 Å². The molecule has 28 heteroatoms. The number of aromatic nitrogens is 10. The molecule has 1 aliphatic heterocycles. The molecule has 0 spiro atoms. The first-order valence-corrected chi connectivity index (χ1v) is 41.5. The Hall–Kier alpha value is -14.7. The van der Waals surface area contributed by atoms with Crippen LogP contribution in [-0.2, 0) is 31.7 Å². The average molecular weight is 1710 g/mol. The van der Waals surface area contributed by atoms with E-state index < -0.39 is 23.8 Å². The highest BCUT2D eigenvalue weighted by Crippen LogP contribution is 2.37. The number of fused-ring (bicyclic) bond motifs is 2. The van der Waals surface area contributed by atoms with Crippen molar-refractivity contribution in [2.75, 3.05) is 71.7 Å². The van der Waals surface area contributed by atoms with Crippen molar-refractivity contribution < 1.29 is 57.5 Å². The molecule has 650 valence electrons. The number of anilines is 2. The molecule has 127 heavy (non-hydrogen) atoms. The minimum absolute atomic E-state index is 0.124. The van der Waals surface area contributed by atoms with Gasteiger partial charge in [0.15, 0.2) is 5.78 Å². The van der Waals surface area contributed by atoms with Crippen LogP contribution in [0.1, 0.15) is 85.6 Å². The van der Waals surface area contributed by atoms with Crippen LogP contribution < -0.4 is 36.6 Å². The molecule has 1 saturated heterocycles. The number of carbonyl (C=O) groups excluding carboxylic acids is 4. The molecule has 26 nitrogen and oxygen atoms in total. The molecule has 1 fully saturated rings. The number of Topliss-reactive ketones (excluding diaryl/α,β-unsaturated/α-hetero) is 1. The predicted molar refractivity (Wildman–Crippen MR) is 486 cm³/mol. The van der Waals surface area contributed by atoms with E-state index >= 15 is 0 Å². The maximum absolute atomic E-state index is 13.7. The van der Waals surface area contributed by atoms with Gasteiger partial charge in [-0.3, -0.25) is 33.5 Å². The number of ketones is 2. The average Bonchev–Trinajstić information content (AvgIpc) is 1.56. The molecular formula is C99H99F2N15O11. The SMILES string of the molecule is CC[C@H](O)COc1cccc(C(=O)c2cnn(-c3ccc(F)cc3)c2N)c1.COc1cc2c(cc1C(=O)N1CCC(Cc3ccc(F)cc3)CC1)c(C(=O)C(=O)N(C)C)cn2C.Cc1ccc(-c2ncn(C(CO)CO)c2-c2ccnc(Oc3ccccc3)n2)cc1.Cn1c(NC[C@@H](N)Cc2ccccc2)nc(-c2ccncc2)c(-c2ccc3ccccc3c2)c1=O. The lowest BCUT2D eigenvalue weighted by atomic mass is 9.90. The van der Waals surface area contributed by atoms with E-state index in [-0.39, 0.29) is 77.7 Å². The summed E-state index contributed by atoms with van der Waals surface area (Å²) in [6.07, 6.45) is 12.9. The molecule has 8 N–H and O–H groups in total. The monoisotopic (exact) mass is 1710 g/mol. The van der Waals surface area contributed by atoms with E-state index in [0.717, 1.165) is 64.3 Å². The van der Waals surface area contributed by atoms with Crippen LogP contribution in [0.15, 0.2) is 273 Å². The minimum atomic E-state index is -0.621. The van der Waals surface area contributed by atoms with Crippen LogP contribution in [0.4, 0.5) is 20.5 Å². The van der Waals surface area contributed by atoms with Gasteiger partial charge in [-0.25, -0.2) is 28.4 Å². The van der Waals surface area contributed by atoms with Crippen LogP contribution in [0.3, 0.4) is 0 Å². The van der Waals surface area contributed by atoms with Crippen LogP contribution in [0.25, 0.3) is 72.4 Å². The highest BCUT2D eigenvalue weighted by atomic mass is 19.1. The second kappa shape index (κ2) is 42.1. The third kappa shape index (κ3) is 22.1. The number of aliphatic hydroxyl groups is 3. The molecule has 2 atom stereocenters. The third-order valence-electron chi connectivity index (χ3n) is 21.8. The molecule has 0 radical (unpaired) electrons. The lowest BCUT2D eigenvalue weighted by Gasteiger charge is -2.32. The zero-order valence-corrected chi connectivity index (χ0v) is 71.4. The first-order chi connectivity index (χ1) is 61.5. The fourth-order valence-corrected chi connectivity index (χ4v) is 14.7. The largest absolute Gasteiger partial charge is 0.496 e. The number of hydrogen-bond donors (Lipinski definition) is 6. The Morgan fingerprint density at radius 1 is 0.677 bits per heavy atom. The van der Waals surface area contributed by atoms with Gasteiger partial charge in [-0.1, -0.05) is 146 Å². The normalized spacial score (nSPS) is 12.4. The van der Waals surface area contributed by atoms with Gasteiger partial charge in [-0.15, -0.1) is 0 Å². The van der Waals surface area contributed by atoms with Gasteiger partial charge in [0.05, 0.1) is 101 Å². The summed E-state index contributed by atoms with van der Waals surface area (Å²) in [4.78, 5) is 90.5.